The highest BCUT2D eigenvalue weighted by Crippen LogP contribution is 2.18. The number of rotatable bonds is 1. The molecular formula is C6H10N4OS. The number of morpholine rings is 1. The van der Waals surface area contributed by atoms with Crippen molar-refractivity contribution in [2.45, 2.75) is 0 Å². The highest BCUT2D eigenvalue weighted by atomic mass is 32.1. The zero-order valence-electron chi connectivity index (χ0n) is 6.56. The number of nitrogen functional groups attached to an aromatic ring is 1. The van der Waals surface area contributed by atoms with E-state index < -0.39 is 0 Å². The molecule has 1 aromatic heterocycles. The van der Waals surface area contributed by atoms with Crippen LogP contribution in [0.5, 0.6) is 0 Å². The molecule has 5 nitrogen and oxygen atoms in total. The number of ether oxygens (including phenoxy) is 1. The fraction of sp³-hybridized carbons (Fsp3) is 0.667. The maximum absolute atomic E-state index is 5.42. The summed E-state index contributed by atoms with van der Waals surface area (Å²) in [5.74, 6) is 0.362. The van der Waals surface area contributed by atoms with Crippen molar-refractivity contribution < 1.29 is 4.74 Å². The standard InChI is InChI=1S/C6H10N4OS/c7-5-8-6(12-9-5)10-1-3-11-4-2-10/h1-4H2,(H2,7,9). The van der Waals surface area contributed by atoms with E-state index in [9.17, 15) is 0 Å². The molecule has 2 rings (SSSR count). The van der Waals surface area contributed by atoms with E-state index in [2.05, 4.69) is 14.3 Å². The van der Waals surface area contributed by atoms with E-state index in [1.54, 1.807) is 0 Å². The van der Waals surface area contributed by atoms with E-state index in [1.165, 1.54) is 11.5 Å². The smallest absolute Gasteiger partial charge is 0.233 e. The molecule has 1 fully saturated rings. The maximum atomic E-state index is 5.42. The van der Waals surface area contributed by atoms with Crippen molar-refractivity contribution in [3.8, 4) is 0 Å². The van der Waals surface area contributed by atoms with Gasteiger partial charge >= 0.3 is 0 Å². The molecule has 2 heterocycles. The molecule has 6 heteroatoms. The third kappa shape index (κ3) is 1.49. The van der Waals surface area contributed by atoms with Gasteiger partial charge in [0.1, 0.15) is 0 Å². The first-order valence-electron chi connectivity index (χ1n) is 3.78. The molecule has 0 radical (unpaired) electrons. The Morgan fingerprint density at radius 1 is 1.42 bits per heavy atom. The Morgan fingerprint density at radius 3 is 2.75 bits per heavy atom. The van der Waals surface area contributed by atoms with Gasteiger partial charge in [0.25, 0.3) is 0 Å². The zero-order valence-corrected chi connectivity index (χ0v) is 7.38. The minimum Gasteiger partial charge on any atom is -0.378 e. The Balaban J connectivity index is 2.08. The summed E-state index contributed by atoms with van der Waals surface area (Å²) in [7, 11) is 0. The van der Waals surface area contributed by atoms with Crippen LogP contribution in [0.4, 0.5) is 11.1 Å². The van der Waals surface area contributed by atoms with Crippen molar-refractivity contribution in [3.63, 3.8) is 0 Å². The number of hydrogen-bond acceptors (Lipinski definition) is 6. The number of nitrogens with two attached hydrogens (primary N) is 1. The second kappa shape index (κ2) is 3.24. The normalized spacial score (nSPS) is 18.2. The van der Waals surface area contributed by atoms with Gasteiger partial charge < -0.3 is 15.4 Å². The summed E-state index contributed by atoms with van der Waals surface area (Å²) in [6.07, 6.45) is 0. The fourth-order valence-electron chi connectivity index (χ4n) is 1.11. The van der Waals surface area contributed by atoms with Crippen LogP contribution in [-0.2, 0) is 4.74 Å². The van der Waals surface area contributed by atoms with Gasteiger partial charge in [-0.15, -0.1) is 0 Å². The van der Waals surface area contributed by atoms with E-state index in [-0.39, 0.29) is 0 Å². The van der Waals surface area contributed by atoms with Crippen molar-refractivity contribution in [1.82, 2.24) is 9.36 Å². The first-order chi connectivity index (χ1) is 5.86. The molecule has 2 N–H and O–H groups in total. The Labute approximate surface area is 74.3 Å². The highest BCUT2D eigenvalue weighted by molar-refractivity contribution is 7.09. The van der Waals surface area contributed by atoms with Crippen molar-refractivity contribution in [2.24, 2.45) is 0 Å². The van der Waals surface area contributed by atoms with Gasteiger partial charge in [-0.3, -0.25) is 0 Å². The number of aromatic nitrogens is 2. The van der Waals surface area contributed by atoms with E-state index in [0.29, 0.717) is 5.95 Å². The maximum Gasteiger partial charge on any atom is 0.233 e. The molecule has 1 saturated heterocycles. The van der Waals surface area contributed by atoms with Gasteiger partial charge in [0.05, 0.1) is 13.2 Å². The molecule has 1 aromatic rings. The molecule has 0 unspecified atom stereocenters. The molecule has 1 aliphatic heterocycles. The van der Waals surface area contributed by atoms with E-state index in [1.807, 2.05) is 0 Å². The molecule has 0 amide bonds. The predicted molar refractivity (Wildman–Crippen MR) is 47.4 cm³/mol. The van der Waals surface area contributed by atoms with Crippen LogP contribution in [0.15, 0.2) is 0 Å². The van der Waals surface area contributed by atoms with Gasteiger partial charge in [-0.2, -0.15) is 9.36 Å². The van der Waals surface area contributed by atoms with Crippen LogP contribution >= 0.6 is 11.5 Å². The quantitative estimate of drug-likeness (QED) is 0.666. The van der Waals surface area contributed by atoms with E-state index in [4.69, 9.17) is 10.5 Å². The summed E-state index contributed by atoms with van der Waals surface area (Å²) < 4.78 is 9.13. The predicted octanol–water partition coefficient (Wildman–Crippen LogP) is -0.0431. The van der Waals surface area contributed by atoms with Crippen LogP contribution in [0.25, 0.3) is 0 Å². The number of nitrogens with zero attached hydrogens (tertiary/aromatic N) is 3. The Hall–Kier alpha value is -0.880. The lowest BCUT2D eigenvalue weighted by Crippen LogP contribution is -2.36. The second-order valence-corrected chi connectivity index (χ2v) is 3.26. The average Bonchev–Trinajstić information content (AvgIpc) is 2.54. The zero-order chi connectivity index (χ0) is 8.39. The largest absolute Gasteiger partial charge is 0.378 e. The molecule has 0 atom stereocenters. The lowest BCUT2D eigenvalue weighted by Gasteiger charge is -2.25. The number of anilines is 2. The fourth-order valence-corrected chi connectivity index (χ4v) is 1.76. The number of hydrogen-bond donors (Lipinski definition) is 1. The third-order valence-corrected chi connectivity index (χ3v) is 2.50. The lowest BCUT2D eigenvalue weighted by atomic mass is 10.5. The Bertz CT molecular complexity index is 258. The van der Waals surface area contributed by atoms with Gasteiger partial charge in [0.2, 0.25) is 11.1 Å². The van der Waals surface area contributed by atoms with Gasteiger partial charge in [0.15, 0.2) is 0 Å². The molecule has 0 aromatic carbocycles. The van der Waals surface area contributed by atoms with E-state index in [0.717, 1.165) is 31.4 Å². The topological polar surface area (TPSA) is 64.3 Å². The van der Waals surface area contributed by atoms with Gasteiger partial charge in [-0.05, 0) is 0 Å². The summed E-state index contributed by atoms with van der Waals surface area (Å²) in [5, 5.41) is 0.899. The summed E-state index contributed by atoms with van der Waals surface area (Å²) in [6.45, 7) is 3.29. The molecule has 12 heavy (non-hydrogen) atoms. The molecule has 0 bridgehead atoms. The summed E-state index contributed by atoms with van der Waals surface area (Å²) >= 11 is 1.34. The summed E-state index contributed by atoms with van der Waals surface area (Å²) in [5.41, 5.74) is 5.42. The van der Waals surface area contributed by atoms with Crippen molar-refractivity contribution >= 4 is 22.6 Å². The summed E-state index contributed by atoms with van der Waals surface area (Å²) in [4.78, 5) is 6.23. The monoisotopic (exact) mass is 186 g/mol. The minimum absolute atomic E-state index is 0.362. The van der Waals surface area contributed by atoms with Crippen LogP contribution in [-0.4, -0.2) is 35.7 Å². The molecule has 66 valence electrons. The molecular weight excluding hydrogens is 176 g/mol. The Morgan fingerprint density at radius 2 is 2.17 bits per heavy atom. The SMILES string of the molecule is Nc1nsc(N2CCOCC2)n1. The minimum atomic E-state index is 0.362. The van der Waals surface area contributed by atoms with Crippen LogP contribution in [0.3, 0.4) is 0 Å². The average molecular weight is 186 g/mol. The van der Waals surface area contributed by atoms with E-state index >= 15 is 0 Å². The van der Waals surface area contributed by atoms with Crippen LogP contribution in [0.2, 0.25) is 0 Å². The second-order valence-electron chi connectivity index (χ2n) is 2.53. The lowest BCUT2D eigenvalue weighted by molar-refractivity contribution is 0.122. The van der Waals surface area contributed by atoms with Crippen LogP contribution < -0.4 is 10.6 Å². The summed E-state index contributed by atoms with van der Waals surface area (Å²) in [6, 6.07) is 0. The molecule has 0 spiro atoms. The van der Waals surface area contributed by atoms with Gasteiger partial charge in [0, 0.05) is 24.6 Å². The van der Waals surface area contributed by atoms with Crippen molar-refractivity contribution in [1.29, 1.82) is 0 Å². The molecule has 0 saturated carbocycles. The van der Waals surface area contributed by atoms with Crippen molar-refractivity contribution in [2.75, 3.05) is 36.9 Å². The third-order valence-electron chi connectivity index (χ3n) is 1.71. The van der Waals surface area contributed by atoms with Gasteiger partial charge in [-0.25, -0.2) is 0 Å². The van der Waals surface area contributed by atoms with Crippen LogP contribution in [0, 0.1) is 0 Å². The molecule has 0 aliphatic carbocycles. The van der Waals surface area contributed by atoms with Crippen LogP contribution in [0.1, 0.15) is 0 Å². The first kappa shape index (κ1) is 7.75. The van der Waals surface area contributed by atoms with Gasteiger partial charge in [-0.1, -0.05) is 0 Å². The first-order valence-corrected chi connectivity index (χ1v) is 4.55. The van der Waals surface area contributed by atoms with Crippen molar-refractivity contribution in [3.05, 3.63) is 0 Å². The Kier molecular flexibility index (Phi) is 2.09. The highest BCUT2D eigenvalue weighted by Gasteiger charge is 2.14. The molecule has 1 aliphatic rings.